The molecule has 1 heterocycles. The van der Waals surface area contributed by atoms with Crippen molar-refractivity contribution in [2.45, 2.75) is 13.8 Å². The maximum Gasteiger partial charge on any atom is 0.323 e. The lowest BCUT2D eigenvalue weighted by atomic mass is 10.2. The van der Waals surface area contributed by atoms with E-state index in [2.05, 4.69) is 25.6 Å². The topological polar surface area (TPSA) is 72.0 Å². The largest absolute Gasteiger partial charge is 0.464 e. The third-order valence-electron chi connectivity index (χ3n) is 2.55. The molecule has 1 aromatic heterocycles. The quantitative estimate of drug-likeness (QED) is 0.875. The summed E-state index contributed by atoms with van der Waals surface area (Å²) in [5, 5.41) is 5.86. The van der Waals surface area contributed by atoms with Gasteiger partial charge in [0.1, 0.15) is 5.82 Å². The molecule has 1 aromatic carbocycles. The first kappa shape index (κ1) is 14.0. The van der Waals surface area contributed by atoms with E-state index >= 15 is 0 Å². The number of hydrogen-bond donors (Lipinski definition) is 2. The smallest absolute Gasteiger partial charge is 0.323 e. The van der Waals surface area contributed by atoms with Gasteiger partial charge in [0.15, 0.2) is 0 Å². The molecule has 0 amide bonds. The fraction of sp³-hybridized carbons (Fsp3) is 0.308. The van der Waals surface area contributed by atoms with E-state index < -0.39 is 0 Å². The van der Waals surface area contributed by atoms with E-state index in [1.54, 1.807) is 20.0 Å². The highest BCUT2D eigenvalue weighted by atomic mass is 19.1. The molecule has 0 fully saturated rings. The number of halogens is 1. The predicted molar refractivity (Wildman–Crippen MR) is 75.0 cm³/mol. The Morgan fingerprint density at radius 2 is 1.95 bits per heavy atom. The van der Waals surface area contributed by atoms with Crippen LogP contribution in [0.5, 0.6) is 6.01 Å². The number of benzene rings is 1. The molecule has 0 aliphatic rings. The van der Waals surface area contributed by atoms with Gasteiger partial charge in [-0.05, 0) is 37.6 Å². The van der Waals surface area contributed by atoms with Gasteiger partial charge in [-0.2, -0.15) is 15.0 Å². The lowest BCUT2D eigenvalue weighted by Crippen LogP contribution is -2.07. The Labute approximate surface area is 116 Å². The second-order valence-electron chi connectivity index (χ2n) is 4.03. The molecule has 0 saturated carbocycles. The van der Waals surface area contributed by atoms with Gasteiger partial charge in [0.05, 0.1) is 6.61 Å². The van der Waals surface area contributed by atoms with Crippen LogP contribution in [-0.4, -0.2) is 28.6 Å². The van der Waals surface area contributed by atoms with Gasteiger partial charge < -0.3 is 15.4 Å². The Morgan fingerprint density at radius 1 is 1.20 bits per heavy atom. The average molecular weight is 277 g/mol. The molecule has 106 valence electrons. The van der Waals surface area contributed by atoms with Crippen LogP contribution in [0, 0.1) is 12.7 Å². The van der Waals surface area contributed by atoms with Crippen LogP contribution in [0.3, 0.4) is 0 Å². The summed E-state index contributed by atoms with van der Waals surface area (Å²) in [5.74, 6) is 0.447. The number of nitrogens with zero attached hydrogens (tertiary/aromatic N) is 3. The summed E-state index contributed by atoms with van der Waals surface area (Å²) >= 11 is 0. The Kier molecular flexibility index (Phi) is 4.29. The lowest BCUT2D eigenvalue weighted by Gasteiger charge is -2.10. The van der Waals surface area contributed by atoms with Crippen molar-refractivity contribution in [2.24, 2.45) is 0 Å². The molecule has 2 rings (SSSR count). The first-order valence-electron chi connectivity index (χ1n) is 6.22. The van der Waals surface area contributed by atoms with E-state index in [-0.39, 0.29) is 11.8 Å². The molecular formula is C13H16FN5O. The molecule has 0 bridgehead atoms. The maximum atomic E-state index is 13.1. The zero-order valence-electron chi connectivity index (χ0n) is 11.6. The standard InChI is InChI=1S/C13H16FN5O/c1-4-20-13-18-11(15-3)17-12(19-13)16-10-6-5-9(14)7-8(10)2/h5-7H,4H2,1-3H3,(H2,15,16,17,18,19). The van der Waals surface area contributed by atoms with E-state index in [1.807, 2.05) is 6.92 Å². The third-order valence-corrected chi connectivity index (χ3v) is 2.55. The van der Waals surface area contributed by atoms with Crippen molar-refractivity contribution in [2.75, 3.05) is 24.3 Å². The van der Waals surface area contributed by atoms with E-state index in [0.717, 1.165) is 11.3 Å². The molecule has 0 unspecified atom stereocenters. The molecular weight excluding hydrogens is 261 g/mol. The first-order chi connectivity index (χ1) is 9.62. The lowest BCUT2D eigenvalue weighted by molar-refractivity contribution is 0.312. The summed E-state index contributed by atoms with van der Waals surface area (Å²) in [4.78, 5) is 12.4. The molecule has 0 atom stereocenters. The minimum atomic E-state index is -0.283. The number of aromatic nitrogens is 3. The van der Waals surface area contributed by atoms with Crippen molar-refractivity contribution in [3.8, 4) is 6.01 Å². The SMILES string of the molecule is CCOc1nc(NC)nc(Nc2ccc(F)cc2C)n1. The van der Waals surface area contributed by atoms with Gasteiger partial charge in [-0.25, -0.2) is 4.39 Å². The summed E-state index contributed by atoms with van der Waals surface area (Å²) in [6, 6.07) is 4.67. The zero-order valence-corrected chi connectivity index (χ0v) is 11.6. The molecule has 0 aliphatic carbocycles. The van der Waals surface area contributed by atoms with Crippen LogP contribution in [0.4, 0.5) is 22.0 Å². The average Bonchev–Trinajstić information content (AvgIpc) is 2.42. The Bertz CT molecular complexity index is 605. The molecule has 6 nitrogen and oxygen atoms in total. The molecule has 0 radical (unpaired) electrons. The van der Waals surface area contributed by atoms with Gasteiger partial charge in [0.25, 0.3) is 0 Å². The van der Waals surface area contributed by atoms with Gasteiger partial charge >= 0.3 is 6.01 Å². The summed E-state index contributed by atoms with van der Waals surface area (Å²) in [5.41, 5.74) is 1.48. The Hall–Kier alpha value is -2.44. The molecule has 0 aliphatic heterocycles. The van der Waals surface area contributed by atoms with Crippen LogP contribution in [0.1, 0.15) is 12.5 Å². The first-order valence-corrected chi connectivity index (χ1v) is 6.22. The summed E-state index contributed by atoms with van der Waals surface area (Å²) in [6.45, 7) is 4.11. The van der Waals surface area contributed by atoms with E-state index in [0.29, 0.717) is 18.5 Å². The highest BCUT2D eigenvalue weighted by Crippen LogP contribution is 2.20. The van der Waals surface area contributed by atoms with E-state index in [9.17, 15) is 4.39 Å². The number of nitrogens with one attached hydrogen (secondary N) is 2. The van der Waals surface area contributed by atoms with Crippen molar-refractivity contribution in [1.82, 2.24) is 15.0 Å². The predicted octanol–water partition coefficient (Wildman–Crippen LogP) is 2.50. The summed E-state index contributed by atoms with van der Waals surface area (Å²) in [7, 11) is 1.71. The minimum Gasteiger partial charge on any atom is -0.464 e. The van der Waals surface area contributed by atoms with Crippen molar-refractivity contribution >= 4 is 17.6 Å². The number of anilines is 3. The number of hydrogen-bond acceptors (Lipinski definition) is 6. The van der Waals surface area contributed by atoms with Gasteiger partial charge in [-0.1, -0.05) is 0 Å². The molecule has 20 heavy (non-hydrogen) atoms. The Balaban J connectivity index is 2.29. The van der Waals surface area contributed by atoms with Crippen LogP contribution in [0.25, 0.3) is 0 Å². The van der Waals surface area contributed by atoms with Crippen molar-refractivity contribution < 1.29 is 9.13 Å². The monoisotopic (exact) mass is 277 g/mol. The van der Waals surface area contributed by atoms with Crippen molar-refractivity contribution in [3.63, 3.8) is 0 Å². The van der Waals surface area contributed by atoms with Crippen molar-refractivity contribution in [1.29, 1.82) is 0 Å². The van der Waals surface area contributed by atoms with Crippen LogP contribution in [0.15, 0.2) is 18.2 Å². The maximum absolute atomic E-state index is 13.1. The highest BCUT2D eigenvalue weighted by molar-refractivity contribution is 5.58. The molecule has 7 heteroatoms. The number of ether oxygens (including phenoxy) is 1. The van der Waals surface area contributed by atoms with Gasteiger partial charge in [-0.3, -0.25) is 0 Å². The number of aryl methyl sites for hydroxylation is 1. The fourth-order valence-electron chi connectivity index (χ4n) is 1.61. The molecule has 0 spiro atoms. The van der Waals surface area contributed by atoms with Crippen LogP contribution >= 0.6 is 0 Å². The summed E-state index contributed by atoms with van der Waals surface area (Å²) < 4.78 is 18.3. The van der Waals surface area contributed by atoms with Crippen LogP contribution in [0.2, 0.25) is 0 Å². The number of rotatable bonds is 5. The van der Waals surface area contributed by atoms with E-state index in [4.69, 9.17) is 4.74 Å². The highest BCUT2D eigenvalue weighted by Gasteiger charge is 2.08. The zero-order chi connectivity index (χ0) is 14.5. The second kappa shape index (κ2) is 6.14. The molecule has 0 saturated heterocycles. The summed E-state index contributed by atoms with van der Waals surface area (Å²) in [6.07, 6.45) is 0. The minimum absolute atomic E-state index is 0.231. The second-order valence-corrected chi connectivity index (χ2v) is 4.03. The molecule has 2 N–H and O–H groups in total. The Morgan fingerprint density at radius 3 is 2.60 bits per heavy atom. The fourth-order valence-corrected chi connectivity index (χ4v) is 1.61. The normalized spacial score (nSPS) is 10.2. The van der Waals surface area contributed by atoms with Crippen LogP contribution < -0.4 is 15.4 Å². The molecule has 2 aromatic rings. The van der Waals surface area contributed by atoms with E-state index in [1.165, 1.54) is 12.1 Å². The van der Waals surface area contributed by atoms with Crippen molar-refractivity contribution in [3.05, 3.63) is 29.6 Å². The van der Waals surface area contributed by atoms with Gasteiger partial charge in [-0.15, -0.1) is 0 Å². The van der Waals surface area contributed by atoms with Gasteiger partial charge in [0, 0.05) is 12.7 Å². The van der Waals surface area contributed by atoms with Crippen LogP contribution in [-0.2, 0) is 0 Å². The van der Waals surface area contributed by atoms with Gasteiger partial charge in [0.2, 0.25) is 11.9 Å². The third kappa shape index (κ3) is 3.31.